The highest BCUT2D eigenvalue weighted by Crippen LogP contribution is 2.41. The molecule has 0 aliphatic heterocycles. The number of rotatable bonds is 4. The number of benzene rings is 1. The van der Waals surface area contributed by atoms with E-state index in [1.165, 1.54) is 0 Å². The van der Waals surface area contributed by atoms with Crippen LogP contribution in [0.2, 0.25) is 5.02 Å². The van der Waals surface area contributed by atoms with Crippen LogP contribution in [0.25, 0.3) is 27.8 Å². The monoisotopic (exact) mass is 508 g/mol. The zero-order chi connectivity index (χ0) is 25.6. The summed E-state index contributed by atoms with van der Waals surface area (Å²) in [5.74, 6) is 0.367. The summed E-state index contributed by atoms with van der Waals surface area (Å²) in [7, 11) is 1.89. The van der Waals surface area contributed by atoms with Crippen molar-refractivity contribution < 1.29 is 9.18 Å². The fraction of sp³-hybridized carbons (Fsp3) is 0.320. The van der Waals surface area contributed by atoms with Gasteiger partial charge in [-0.1, -0.05) is 32.4 Å². The van der Waals surface area contributed by atoms with E-state index in [4.69, 9.17) is 11.6 Å². The molecule has 1 aliphatic carbocycles. The van der Waals surface area contributed by atoms with Gasteiger partial charge in [0.1, 0.15) is 5.82 Å². The second kappa shape index (κ2) is 9.34. The van der Waals surface area contributed by atoms with Crippen molar-refractivity contribution in [2.24, 2.45) is 18.9 Å². The molecule has 11 heteroatoms. The second-order valence-electron chi connectivity index (χ2n) is 9.38. The molecule has 5 aromatic rings. The molecule has 186 valence electrons. The van der Waals surface area contributed by atoms with Gasteiger partial charge in [0.05, 0.1) is 34.8 Å². The lowest BCUT2D eigenvalue weighted by atomic mass is 9.96. The number of H-pyrrole nitrogens is 1. The van der Waals surface area contributed by atoms with Gasteiger partial charge in [-0.2, -0.15) is 10.2 Å². The summed E-state index contributed by atoms with van der Waals surface area (Å²) in [6.07, 6.45) is 11.2. The van der Waals surface area contributed by atoms with Gasteiger partial charge < -0.3 is 9.72 Å². The van der Waals surface area contributed by atoms with Gasteiger partial charge in [0.15, 0.2) is 11.5 Å². The first-order valence-electron chi connectivity index (χ1n) is 11.7. The van der Waals surface area contributed by atoms with E-state index in [1.807, 2.05) is 40.1 Å². The number of hydrogen-bond acceptors (Lipinski definition) is 5. The summed E-state index contributed by atoms with van der Waals surface area (Å²) in [6.45, 7) is 5.86. The molecule has 0 saturated heterocycles. The molecule has 2 unspecified atom stereocenters. The number of anilines is 1. The van der Waals surface area contributed by atoms with E-state index in [1.54, 1.807) is 40.1 Å². The van der Waals surface area contributed by atoms with E-state index in [0.717, 1.165) is 6.42 Å². The van der Waals surface area contributed by atoms with Crippen LogP contribution < -0.4 is 5.32 Å². The predicted molar refractivity (Wildman–Crippen MR) is 136 cm³/mol. The van der Waals surface area contributed by atoms with Crippen molar-refractivity contribution in [1.29, 1.82) is 0 Å². The van der Waals surface area contributed by atoms with Gasteiger partial charge in [0.2, 0.25) is 5.91 Å². The van der Waals surface area contributed by atoms with Gasteiger partial charge >= 0.3 is 0 Å². The minimum atomic E-state index is -0.475. The third-order valence-corrected chi connectivity index (χ3v) is 6.69. The van der Waals surface area contributed by atoms with Crippen LogP contribution in [-0.4, -0.2) is 40.3 Å². The Morgan fingerprint density at radius 2 is 2.08 bits per heavy atom. The molecule has 2 N–H and O–H groups in total. The van der Waals surface area contributed by atoms with Crippen LogP contribution in [0, 0.1) is 17.7 Å². The maximum absolute atomic E-state index is 15.1. The number of carbonyl (C=O) groups is 1. The SMILES string of the molecule is CC(C)c1c(F)c(Cl)c(-c2cn3cc(NC(=O)C4CC4C)nc3cn2)c2cn[nH]c12.Cn1cccn1. The van der Waals surface area contributed by atoms with Crippen molar-refractivity contribution in [3.63, 3.8) is 0 Å². The average molecular weight is 509 g/mol. The predicted octanol–water partition coefficient (Wildman–Crippen LogP) is 5.20. The summed E-state index contributed by atoms with van der Waals surface area (Å²) in [4.78, 5) is 21.0. The highest BCUT2D eigenvalue weighted by Gasteiger charge is 2.39. The minimum Gasteiger partial charge on any atom is -0.309 e. The van der Waals surface area contributed by atoms with Crippen molar-refractivity contribution in [3.05, 3.63) is 59.7 Å². The fourth-order valence-corrected chi connectivity index (χ4v) is 4.57. The van der Waals surface area contributed by atoms with E-state index < -0.39 is 5.82 Å². The highest BCUT2D eigenvalue weighted by atomic mass is 35.5. The second-order valence-corrected chi connectivity index (χ2v) is 9.76. The lowest BCUT2D eigenvalue weighted by Crippen LogP contribution is -2.14. The van der Waals surface area contributed by atoms with Crippen molar-refractivity contribution in [2.75, 3.05) is 5.32 Å². The third kappa shape index (κ3) is 4.44. The van der Waals surface area contributed by atoms with Crippen molar-refractivity contribution in [1.82, 2.24) is 34.3 Å². The first kappa shape index (κ1) is 23.9. The Hall–Kier alpha value is -3.79. The molecule has 4 aromatic heterocycles. The number of imidazole rings is 1. The Kier molecular flexibility index (Phi) is 6.21. The van der Waals surface area contributed by atoms with Crippen LogP contribution in [0.4, 0.5) is 10.2 Å². The number of halogens is 2. The van der Waals surface area contributed by atoms with Crippen molar-refractivity contribution >= 4 is 39.9 Å². The van der Waals surface area contributed by atoms with E-state index in [9.17, 15) is 4.79 Å². The fourth-order valence-electron chi connectivity index (χ4n) is 4.27. The quantitative estimate of drug-likeness (QED) is 0.347. The van der Waals surface area contributed by atoms with E-state index in [-0.39, 0.29) is 22.8 Å². The van der Waals surface area contributed by atoms with Crippen LogP contribution in [0.15, 0.2) is 43.2 Å². The zero-order valence-electron chi connectivity index (χ0n) is 20.3. The molecule has 6 rings (SSSR count). The topological polar surface area (TPSA) is 106 Å². The summed E-state index contributed by atoms with van der Waals surface area (Å²) in [5, 5.41) is 14.4. The molecule has 0 radical (unpaired) electrons. The lowest BCUT2D eigenvalue weighted by molar-refractivity contribution is -0.117. The number of fused-ring (bicyclic) bond motifs is 2. The Balaban J connectivity index is 0.000000391. The van der Waals surface area contributed by atoms with Crippen molar-refractivity contribution in [2.45, 2.75) is 33.1 Å². The first-order chi connectivity index (χ1) is 17.2. The molecule has 9 nitrogen and oxygen atoms in total. The molecule has 2 atom stereocenters. The number of aromatic amines is 1. The van der Waals surface area contributed by atoms with Crippen LogP contribution in [0.5, 0.6) is 0 Å². The molecular weight excluding hydrogens is 483 g/mol. The molecule has 0 bridgehead atoms. The summed E-state index contributed by atoms with van der Waals surface area (Å²) in [5.41, 5.74) is 2.63. The van der Waals surface area contributed by atoms with E-state index in [0.29, 0.717) is 45.1 Å². The molecule has 1 aliphatic rings. The van der Waals surface area contributed by atoms with Crippen molar-refractivity contribution in [3.8, 4) is 11.3 Å². The van der Waals surface area contributed by atoms with Gasteiger partial charge in [-0.15, -0.1) is 0 Å². The number of aromatic nitrogens is 7. The molecular formula is C25H26ClFN8O. The molecule has 1 saturated carbocycles. The number of nitrogens with one attached hydrogen (secondary N) is 2. The molecule has 1 aromatic carbocycles. The van der Waals surface area contributed by atoms with Crippen LogP contribution in [0.3, 0.4) is 0 Å². The van der Waals surface area contributed by atoms with Gasteiger partial charge in [-0.25, -0.2) is 9.37 Å². The normalized spacial score (nSPS) is 16.9. The van der Waals surface area contributed by atoms with Gasteiger partial charge in [0.25, 0.3) is 0 Å². The smallest absolute Gasteiger partial charge is 0.228 e. The molecule has 1 amide bonds. The van der Waals surface area contributed by atoms with Crippen LogP contribution >= 0.6 is 11.6 Å². The van der Waals surface area contributed by atoms with Gasteiger partial charge in [-0.3, -0.25) is 19.6 Å². The average Bonchev–Trinajstić information content (AvgIpc) is 3.23. The summed E-state index contributed by atoms with van der Waals surface area (Å²) >= 11 is 6.45. The zero-order valence-corrected chi connectivity index (χ0v) is 21.1. The maximum atomic E-state index is 15.1. The Labute approximate surface area is 211 Å². The summed E-state index contributed by atoms with van der Waals surface area (Å²) < 4.78 is 18.6. The van der Waals surface area contributed by atoms with Crippen LogP contribution in [-0.2, 0) is 11.8 Å². The van der Waals surface area contributed by atoms with Gasteiger partial charge in [0, 0.05) is 48.1 Å². The lowest BCUT2D eigenvalue weighted by Gasteiger charge is -2.14. The molecule has 36 heavy (non-hydrogen) atoms. The summed E-state index contributed by atoms with van der Waals surface area (Å²) in [6, 6.07) is 1.89. The number of carbonyl (C=O) groups excluding carboxylic acids is 1. The molecule has 4 heterocycles. The highest BCUT2D eigenvalue weighted by molar-refractivity contribution is 6.35. The van der Waals surface area contributed by atoms with E-state index >= 15 is 4.39 Å². The Morgan fingerprint density at radius 3 is 2.69 bits per heavy atom. The molecule has 1 fully saturated rings. The number of hydrogen-bond donors (Lipinski definition) is 2. The largest absolute Gasteiger partial charge is 0.309 e. The Morgan fingerprint density at radius 1 is 1.31 bits per heavy atom. The van der Waals surface area contributed by atoms with Gasteiger partial charge in [-0.05, 0) is 24.3 Å². The number of aryl methyl sites for hydroxylation is 1. The maximum Gasteiger partial charge on any atom is 0.228 e. The third-order valence-electron chi connectivity index (χ3n) is 6.34. The Bertz CT molecular complexity index is 1560. The number of amides is 1. The number of nitrogens with zero attached hydrogens (tertiary/aromatic N) is 6. The first-order valence-corrected chi connectivity index (χ1v) is 12.1. The van der Waals surface area contributed by atoms with E-state index in [2.05, 4.69) is 30.6 Å². The van der Waals surface area contributed by atoms with Crippen LogP contribution in [0.1, 0.15) is 38.7 Å². The standard InChI is InChI=1S/C21H20ClFN6O.C4H6N2/c1-9(2)16-19(23)18(22)17(12-5-25-28-20(12)16)13-7-29-8-14(26-15(29)6-24-13)27-21(30)11-4-10(11)3;1-6-4-2-3-5-6/h5-11H,4H2,1-3H3,(H,25,28)(H,27,30);2-4H,1H3. The minimum absolute atomic E-state index is 0.0100. The molecule has 0 spiro atoms.